The minimum absolute atomic E-state index is 0.0377. The minimum Gasteiger partial charge on any atom is -0.872 e. The zero-order chi connectivity index (χ0) is 95.5. The molecular formula is C115H120O17S3. The SMILES string of the molecule is CCC1(OC(=O)COc2c(C)cc([S+](c3ccccc3)c3ccccc3)cc2C)CCCC1.Cc1cc([S+](c2ccccc2)c2ccccc2)cc(C)c1OC(=O)C12CC3CC(CC(C3)C1)C2.Cc1cc([S+](c2ccccc2)c2ccccc2)cc(C)c1OCCC(=O)OC1(C)C2CC3CC(C2)CC1C3.O=C(O)c1ccccc1[O-].O=C(O)c1ccccc1[O-].O=C(O)c1ccccc1[O-]. The van der Waals surface area contributed by atoms with Crippen LogP contribution in [0.25, 0.3) is 0 Å². The zero-order valence-electron chi connectivity index (χ0n) is 78.0. The van der Waals surface area contributed by atoms with Crippen LogP contribution in [-0.4, -0.2) is 75.6 Å². The standard InChI is InChI=1S/C34H39O3S.C31H33O2S.C29H33O3S.3C7H6O3/c1-23-16-31(38(29-10-6-4-7-11-29)30-12-8-5-9-13-30)17-24(2)33(23)36-15-14-32(35)37-34(3)27-19-25-18-26(21-27)22-28(34)20-25;1-21-13-28(34(26-9-5-3-6-10-26)27-11-7-4-8-12-27)14-22(2)29(21)33-30(32)31-18-23-15-24(19-31)17-25(16-23)20-31;1-4-29(17-11-12-18-29)32-27(30)21-31-28-22(2)19-26(20-23(28)3)33(24-13-7-5-8-14-24)25-15-9-6-10-16-25;3*8-6-4-2-1-3-5(6)7(9)10/h4-13,16-17,25-28H,14-15,18-22H2,1-3H3;3-14,23-25H,15-20H2,1-2H3;5-10,13-16,19-20H,4,11-12,17-18,21H2,1-3H3;3*1-4,8H,(H,9,10)/q3*+1;;;/p-3. The molecule has 9 saturated carbocycles. The Morgan fingerprint density at radius 3 is 0.919 bits per heavy atom. The minimum atomic E-state index is -1.18. The summed E-state index contributed by atoms with van der Waals surface area (Å²) < 4.78 is 30.6. The third kappa shape index (κ3) is 24.4. The lowest BCUT2D eigenvalue weighted by Gasteiger charge is -2.59. The van der Waals surface area contributed by atoms with Crippen LogP contribution < -0.4 is 29.5 Å². The Morgan fingerprint density at radius 2 is 0.630 bits per heavy atom. The Kier molecular flexibility index (Phi) is 33.0. The van der Waals surface area contributed by atoms with Crippen molar-refractivity contribution in [1.82, 2.24) is 0 Å². The molecule has 12 aromatic carbocycles. The van der Waals surface area contributed by atoms with Gasteiger partial charge in [-0.25, -0.2) is 19.2 Å². The van der Waals surface area contributed by atoms with Gasteiger partial charge in [0.2, 0.25) is 0 Å². The molecule has 0 heterocycles. The number of rotatable bonds is 24. The van der Waals surface area contributed by atoms with Crippen LogP contribution in [0.15, 0.2) is 335 Å². The molecule has 135 heavy (non-hydrogen) atoms. The van der Waals surface area contributed by atoms with E-state index < -0.39 is 35.2 Å². The fraction of sp³-hybridized carbons (Fsp3) is 0.322. The number of aryl methyl sites for hydroxylation is 6. The number of para-hydroxylation sites is 3. The van der Waals surface area contributed by atoms with Crippen molar-refractivity contribution in [2.24, 2.45) is 46.8 Å². The highest BCUT2D eigenvalue weighted by atomic mass is 32.2. The van der Waals surface area contributed by atoms with E-state index in [4.69, 9.17) is 39.0 Å². The van der Waals surface area contributed by atoms with Crippen molar-refractivity contribution in [3.63, 3.8) is 0 Å². The highest BCUT2D eigenvalue weighted by Gasteiger charge is 2.58. The zero-order valence-corrected chi connectivity index (χ0v) is 80.4. The van der Waals surface area contributed by atoms with Crippen molar-refractivity contribution in [2.45, 2.75) is 220 Å². The summed E-state index contributed by atoms with van der Waals surface area (Å²) in [6.45, 7) is 17.1. The number of aromatic carboxylic acids is 3. The van der Waals surface area contributed by atoms with Crippen molar-refractivity contribution in [3.8, 4) is 34.5 Å². The molecule has 0 saturated heterocycles. The topological polar surface area (TPSA) is 278 Å². The monoisotopic (exact) mass is 1870 g/mol. The first-order chi connectivity index (χ1) is 65.1. The predicted molar refractivity (Wildman–Crippen MR) is 522 cm³/mol. The Hall–Kier alpha value is -12.5. The van der Waals surface area contributed by atoms with Gasteiger partial charge in [-0.15, -0.1) is 0 Å². The molecule has 9 fully saturated rings. The first-order valence-electron chi connectivity index (χ1n) is 46.8. The van der Waals surface area contributed by atoms with Crippen molar-refractivity contribution in [3.05, 3.63) is 341 Å². The highest BCUT2D eigenvalue weighted by Crippen LogP contribution is 2.62. The molecule has 0 amide bonds. The van der Waals surface area contributed by atoms with Crippen LogP contribution in [0.3, 0.4) is 0 Å². The number of benzene rings is 12. The van der Waals surface area contributed by atoms with Gasteiger partial charge in [0.15, 0.2) is 50.7 Å². The van der Waals surface area contributed by atoms with Gasteiger partial charge in [-0.1, -0.05) is 188 Å². The van der Waals surface area contributed by atoms with Gasteiger partial charge in [0.25, 0.3) is 0 Å². The number of hydrogen-bond acceptors (Lipinski definition) is 14. The van der Waals surface area contributed by atoms with Crippen LogP contribution in [0.2, 0.25) is 0 Å². The van der Waals surface area contributed by atoms with Crippen molar-refractivity contribution >= 4 is 68.5 Å². The Bertz CT molecular complexity index is 5680. The average molecular weight is 1870 g/mol. The van der Waals surface area contributed by atoms with E-state index in [1.807, 2.05) is 0 Å². The van der Waals surface area contributed by atoms with E-state index in [1.165, 1.54) is 168 Å². The molecule has 9 aliphatic rings. The molecule has 0 unspecified atom stereocenters. The van der Waals surface area contributed by atoms with E-state index in [1.54, 1.807) is 0 Å². The molecule has 3 N–H and O–H groups in total. The summed E-state index contributed by atoms with van der Waals surface area (Å²) >= 11 is 0. The second kappa shape index (κ2) is 45.2. The lowest BCUT2D eigenvalue weighted by Crippen LogP contribution is -2.58. The number of ether oxygens (including phenoxy) is 5. The second-order valence-electron chi connectivity index (χ2n) is 37.0. The largest absolute Gasteiger partial charge is 0.872 e. The molecular weight excluding hydrogens is 1750 g/mol. The van der Waals surface area contributed by atoms with Crippen molar-refractivity contribution in [2.75, 3.05) is 13.2 Å². The fourth-order valence-corrected chi connectivity index (χ4v) is 28.3. The van der Waals surface area contributed by atoms with Gasteiger partial charge in [0.1, 0.15) is 28.5 Å². The van der Waals surface area contributed by atoms with Gasteiger partial charge in [0.05, 0.1) is 67.8 Å². The second-order valence-corrected chi connectivity index (χ2v) is 43.1. The number of esters is 3. The van der Waals surface area contributed by atoms with Crippen LogP contribution in [0, 0.1) is 88.4 Å². The van der Waals surface area contributed by atoms with Crippen LogP contribution in [0.1, 0.15) is 187 Å². The van der Waals surface area contributed by atoms with Crippen LogP contribution in [0.4, 0.5) is 0 Å². The predicted octanol–water partition coefficient (Wildman–Crippen LogP) is 23.9. The van der Waals surface area contributed by atoms with E-state index >= 15 is 0 Å². The molecule has 0 radical (unpaired) electrons. The molecule has 8 bridgehead atoms. The van der Waals surface area contributed by atoms with Crippen molar-refractivity contribution < 1.29 is 83.1 Å². The highest BCUT2D eigenvalue weighted by molar-refractivity contribution is 7.97. The third-order valence-electron chi connectivity index (χ3n) is 27.4. The lowest BCUT2D eigenvalue weighted by atomic mass is 9.49. The van der Waals surface area contributed by atoms with E-state index in [0.29, 0.717) is 24.9 Å². The van der Waals surface area contributed by atoms with E-state index in [-0.39, 0.29) is 90.5 Å². The van der Waals surface area contributed by atoms with Gasteiger partial charge in [-0.2, -0.15) is 0 Å². The molecule has 0 aliphatic heterocycles. The molecule has 700 valence electrons. The number of carbonyl (C=O) groups is 6. The van der Waals surface area contributed by atoms with Crippen LogP contribution >= 0.6 is 0 Å². The maximum Gasteiger partial charge on any atom is 0.344 e. The van der Waals surface area contributed by atoms with Crippen molar-refractivity contribution in [1.29, 1.82) is 0 Å². The van der Waals surface area contributed by atoms with E-state index in [2.05, 4.69) is 274 Å². The first-order valence-corrected chi connectivity index (χ1v) is 50.5. The Balaban J connectivity index is 0.000000140. The first kappa shape index (κ1) is 98.5. The maximum atomic E-state index is 13.6. The summed E-state index contributed by atoms with van der Waals surface area (Å²) in [5.41, 5.74) is 5.06. The molecule has 0 aromatic heterocycles. The number of hydrogen-bond donors (Lipinski definition) is 3. The summed E-state index contributed by atoms with van der Waals surface area (Å²) in [7, 11) is -0.616. The quantitative estimate of drug-likeness (QED) is 0.0288. The molecule has 12 aromatic rings. The van der Waals surface area contributed by atoms with Gasteiger partial charge < -0.3 is 54.3 Å². The summed E-state index contributed by atoms with van der Waals surface area (Å²) in [6, 6.07) is 94.0. The summed E-state index contributed by atoms with van der Waals surface area (Å²) in [5.74, 6) is 2.25. The molecule has 0 spiro atoms. The average Bonchev–Trinajstić information content (AvgIpc) is 0.745. The van der Waals surface area contributed by atoms with Gasteiger partial charge >= 0.3 is 35.8 Å². The molecule has 21 rings (SSSR count). The van der Waals surface area contributed by atoms with Gasteiger partial charge in [-0.05, 0) is 317 Å². The Labute approximate surface area is 801 Å². The molecule has 9 aliphatic carbocycles. The normalized spacial score (nSPS) is 20.3. The van der Waals surface area contributed by atoms with E-state index in [0.717, 1.165) is 132 Å². The maximum absolute atomic E-state index is 13.6. The number of carbonyl (C=O) groups excluding carboxylic acids is 3. The lowest BCUT2D eigenvalue weighted by molar-refractivity contribution is -0.269. The molecule has 0 atom stereocenters. The molecule has 20 heteroatoms. The fourth-order valence-electron chi connectivity index (χ4n) is 21.5. The van der Waals surface area contributed by atoms with Gasteiger partial charge in [-0.3, -0.25) is 9.59 Å². The summed E-state index contributed by atoms with van der Waals surface area (Å²) in [6.07, 6.45) is 18.8. The molecule has 17 nitrogen and oxygen atoms in total. The van der Waals surface area contributed by atoms with Crippen LogP contribution in [-0.2, 0) is 56.5 Å². The number of carboxylic acids is 3. The van der Waals surface area contributed by atoms with Crippen LogP contribution in [0.5, 0.6) is 34.5 Å². The summed E-state index contributed by atoms with van der Waals surface area (Å²) in [5, 5.41) is 57.1. The van der Waals surface area contributed by atoms with Gasteiger partial charge in [0, 0.05) is 36.4 Å². The number of carboxylic acid groups (broad SMARTS) is 3. The van der Waals surface area contributed by atoms with E-state index in [9.17, 15) is 44.1 Å². The summed E-state index contributed by atoms with van der Waals surface area (Å²) in [4.78, 5) is 81.3. The smallest absolute Gasteiger partial charge is 0.344 e. The third-order valence-corrected chi connectivity index (χ3v) is 34.0. The Morgan fingerprint density at radius 1 is 0.348 bits per heavy atom.